The van der Waals surface area contributed by atoms with Gasteiger partial charge in [-0.05, 0) is 24.7 Å². The number of para-hydroxylation sites is 1. The first-order valence-corrected chi connectivity index (χ1v) is 7.22. The molecule has 0 aromatic heterocycles. The van der Waals surface area contributed by atoms with Crippen molar-refractivity contribution in [2.75, 3.05) is 6.54 Å². The predicted molar refractivity (Wildman–Crippen MR) is 84.3 cm³/mol. The first-order chi connectivity index (χ1) is 10.2. The SMILES string of the molecule is CCNCc1ccccc1OCc1ccc(C#N)cc1Cl. The lowest BCUT2D eigenvalue weighted by Crippen LogP contribution is -2.12. The molecule has 1 N–H and O–H groups in total. The van der Waals surface area contributed by atoms with Crippen LogP contribution >= 0.6 is 11.6 Å². The van der Waals surface area contributed by atoms with E-state index in [4.69, 9.17) is 21.6 Å². The highest BCUT2D eigenvalue weighted by molar-refractivity contribution is 6.31. The summed E-state index contributed by atoms with van der Waals surface area (Å²) in [5.41, 5.74) is 2.54. The monoisotopic (exact) mass is 300 g/mol. The van der Waals surface area contributed by atoms with Crippen LogP contribution in [0, 0.1) is 11.3 Å². The van der Waals surface area contributed by atoms with Gasteiger partial charge >= 0.3 is 0 Å². The number of hydrogen-bond acceptors (Lipinski definition) is 3. The molecule has 0 amide bonds. The first-order valence-electron chi connectivity index (χ1n) is 6.84. The summed E-state index contributed by atoms with van der Waals surface area (Å²) in [7, 11) is 0. The maximum Gasteiger partial charge on any atom is 0.124 e. The van der Waals surface area contributed by atoms with Gasteiger partial charge < -0.3 is 10.1 Å². The molecule has 4 heteroatoms. The van der Waals surface area contributed by atoms with Crippen LogP contribution in [-0.4, -0.2) is 6.54 Å². The summed E-state index contributed by atoms with van der Waals surface area (Å²) in [5, 5.41) is 12.7. The Kier molecular flexibility index (Phi) is 5.62. The Morgan fingerprint density at radius 3 is 2.71 bits per heavy atom. The molecule has 0 saturated carbocycles. The highest BCUT2D eigenvalue weighted by Gasteiger charge is 2.06. The number of nitrogens with one attached hydrogen (secondary N) is 1. The second kappa shape index (κ2) is 7.68. The first kappa shape index (κ1) is 15.4. The minimum Gasteiger partial charge on any atom is -0.489 e. The standard InChI is InChI=1S/C17H17ClN2O/c1-2-20-11-14-5-3-4-6-17(14)21-12-15-8-7-13(10-19)9-16(15)18/h3-9,20H,2,11-12H2,1H3. The molecule has 108 valence electrons. The van der Waals surface area contributed by atoms with Gasteiger partial charge in [-0.2, -0.15) is 5.26 Å². The van der Waals surface area contributed by atoms with Crippen molar-refractivity contribution in [1.29, 1.82) is 5.26 Å². The highest BCUT2D eigenvalue weighted by Crippen LogP contribution is 2.22. The summed E-state index contributed by atoms with van der Waals surface area (Å²) in [4.78, 5) is 0. The van der Waals surface area contributed by atoms with Gasteiger partial charge in [0, 0.05) is 22.7 Å². The lowest BCUT2D eigenvalue weighted by molar-refractivity contribution is 0.302. The molecule has 2 rings (SSSR count). The molecule has 0 saturated heterocycles. The van der Waals surface area contributed by atoms with E-state index in [1.807, 2.05) is 30.3 Å². The topological polar surface area (TPSA) is 45.0 Å². The van der Waals surface area contributed by atoms with Crippen molar-refractivity contribution in [2.24, 2.45) is 0 Å². The van der Waals surface area contributed by atoms with E-state index in [-0.39, 0.29) is 0 Å². The largest absolute Gasteiger partial charge is 0.489 e. The van der Waals surface area contributed by atoms with Crippen LogP contribution in [-0.2, 0) is 13.2 Å². The van der Waals surface area contributed by atoms with Crippen LogP contribution in [0.15, 0.2) is 42.5 Å². The summed E-state index contributed by atoms with van der Waals surface area (Å²) in [6.07, 6.45) is 0. The Bertz CT molecular complexity index is 649. The van der Waals surface area contributed by atoms with Crippen molar-refractivity contribution >= 4 is 11.6 Å². The van der Waals surface area contributed by atoms with E-state index < -0.39 is 0 Å². The van der Waals surface area contributed by atoms with Crippen molar-refractivity contribution in [1.82, 2.24) is 5.32 Å². The van der Waals surface area contributed by atoms with Crippen LogP contribution in [0.1, 0.15) is 23.6 Å². The molecule has 2 aromatic rings. The third-order valence-corrected chi connectivity index (χ3v) is 3.46. The summed E-state index contributed by atoms with van der Waals surface area (Å²) in [6.45, 7) is 4.14. The molecule has 0 heterocycles. The number of benzene rings is 2. The van der Waals surface area contributed by atoms with Crippen LogP contribution in [0.2, 0.25) is 5.02 Å². The van der Waals surface area contributed by atoms with E-state index >= 15 is 0 Å². The molecular weight excluding hydrogens is 284 g/mol. The zero-order chi connectivity index (χ0) is 15.1. The van der Waals surface area contributed by atoms with E-state index in [9.17, 15) is 0 Å². The average molecular weight is 301 g/mol. The number of hydrogen-bond donors (Lipinski definition) is 1. The lowest BCUT2D eigenvalue weighted by Gasteiger charge is -2.12. The predicted octanol–water partition coefficient (Wildman–Crippen LogP) is 3.90. The van der Waals surface area contributed by atoms with Gasteiger partial charge in [0.25, 0.3) is 0 Å². The van der Waals surface area contributed by atoms with Gasteiger partial charge in [-0.1, -0.05) is 42.8 Å². The quantitative estimate of drug-likeness (QED) is 0.880. The zero-order valence-electron chi connectivity index (χ0n) is 11.9. The van der Waals surface area contributed by atoms with Crippen LogP contribution in [0.5, 0.6) is 5.75 Å². The normalized spacial score (nSPS) is 10.1. The summed E-state index contributed by atoms with van der Waals surface area (Å²) >= 11 is 6.15. The third kappa shape index (κ3) is 4.22. The maximum absolute atomic E-state index is 8.83. The fourth-order valence-corrected chi connectivity index (χ4v) is 2.17. The molecule has 0 aliphatic heterocycles. The molecule has 2 aromatic carbocycles. The van der Waals surface area contributed by atoms with Crippen LogP contribution in [0.25, 0.3) is 0 Å². The third-order valence-electron chi connectivity index (χ3n) is 3.10. The number of rotatable bonds is 6. The Hall–Kier alpha value is -2.02. The summed E-state index contributed by atoms with van der Waals surface area (Å²) in [6, 6.07) is 15.2. The number of nitriles is 1. The van der Waals surface area contributed by atoms with Crippen molar-refractivity contribution < 1.29 is 4.74 Å². The van der Waals surface area contributed by atoms with Gasteiger partial charge in [-0.25, -0.2) is 0 Å². The molecule has 0 atom stereocenters. The van der Waals surface area contributed by atoms with E-state index in [1.165, 1.54) is 0 Å². The van der Waals surface area contributed by atoms with Crippen molar-refractivity contribution in [3.8, 4) is 11.8 Å². The fourth-order valence-electron chi connectivity index (χ4n) is 1.94. The second-order valence-electron chi connectivity index (χ2n) is 4.59. The molecular formula is C17H17ClN2O. The number of nitrogens with zero attached hydrogens (tertiary/aromatic N) is 1. The van der Waals surface area contributed by atoms with Gasteiger partial charge in [0.05, 0.1) is 11.6 Å². The van der Waals surface area contributed by atoms with Gasteiger partial charge in [0.2, 0.25) is 0 Å². The van der Waals surface area contributed by atoms with Gasteiger partial charge in [0.15, 0.2) is 0 Å². The molecule has 3 nitrogen and oxygen atoms in total. The van der Waals surface area contributed by atoms with E-state index in [0.717, 1.165) is 30.0 Å². The Balaban J connectivity index is 2.08. The molecule has 0 unspecified atom stereocenters. The number of ether oxygens (including phenoxy) is 1. The van der Waals surface area contributed by atoms with Crippen molar-refractivity contribution in [3.05, 3.63) is 64.2 Å². The minimum atomic E-state index is 0.383. The average Bonchev–Trinajstić information content (AvgIpc) is 2.52. The molecule has 0 aliphatic carbocycles. The van der Waals surface area contributed by atoms with Crippen LogP contribution in [0.3, 0.4) is 0 Å². The molecule has 0 aliphatic rings. The molecule has 0 radical (unpaired) electrons. The summed E-state index contributed by atoms with van der Waals surface area (Å²) < 4.78 is 5.87. The van der Waals surface area contributed by atoms with E-state index in [0.29, 0.717) is 17.2 Å². The smallest absolute Gasteiger partial charge is 0.124 e. The lowest BCUT2D eigenvalue weighted by atomic mass is 10.1. The Labute approximate surface area is 130 Å². The fraction of sp³-hybridized carbons (Fsp3) is 0.235. The molecule has 0 bridgehead atoms. The highest BCUT2D eigenvalue weighted by atomic mass is 35.5. The van der Waals surface area contributed by atoms with Gasteiger partial charge in [-0.15, -0.1) is 0 Å². The van der Waals surface area contributed by atoms with E-state index in [2.05, 4.69) is 18.3 Å². The molecule has 21 heavy (non-hydrogen) atoms. The van der Waals surface area contributed by atoms with Crippen molar-refractivity contribution in [2.45, 2.75) is 20.1 Å². The number of halogens is 1. The molecule has 0 spiro atoms. The van der Waals surface area contributed by atoms with E-state index in [1.54, 1.807) is 12.1 Å². The van der Waals surface area contributed by atoms with Gasteiger partial charge in [0.1, 0.15) is 12.4 Å². The van der Waals surface area contributed by atoms with Crippen LogP contribution < -0.4 is 10.1 Å². The second-order valence-corrected chi connectivity index (χ2v) is 5.00. The van der Waals surface area contributed by atoms with Crippen molar-refractivity contribution in [3.63, 3.8) is 0 Å². The Morgan fingerprint density at radius 1 is 1.19 bits per heavy atom. The summed E-state index contributed by atoms with van der Waals surface area (Å²) in [5.74, 6) is 0.846. The van der Waals surface area contributed by atoms with Gasteiger partial charge in [-0.3, -0.25) is 0 Å². The minimum absolute atomic E-state index is 0.383. The molecule has 0 fully saturated rings. The maximum atomic E-state index is 8.83. The zero-order valence-corrected chi connectivity index (χ0v) is 12.7. The van der Waals surface area contributed by atoms with Crippen LogP contribution in [0.4, 0.5) is 0 Å². The Morgan fingerprint density at radius 2 is 2.00 bits per heavy atom.